The standard InChI is InChI=1S/C14H7BrN2OS/c15-12-4-9(7-19-12)14(18)10-6-17-11-3-1-2-8(5-16)13(10)11/h1-4,6-7,17H. The van der Waals surface area contributed by atoms with Gasteiger partial charge in [-0.25, -0.2) is 0 Å². The van der Waals surface area contributed by atoms with Gasteiger partial charge in [0.2, 0.25) is 0 Å². The number of thiophene rings is 1. The number of rotatable bonds is 2. The van der Waals surface area contributed by atoms with E-state index in [1.807, 2.05) is 6.07 Å². The van der Waals surface area contributed by atoms with Gasteiger partial charge in [0.1, 0.15) is 0 Å². The number of ketones is 1. The minimum atomic E-state index is -0.0732. The lowest BCUT2D eigenvalue weighted by Gasteiger charge is -1.98. The highest BCUT2D eigenvalue weighted by Gasteiger charge is 2.17. The third-order valence-electron chi connectivity index (χ3n) is 2.90. The lowest BCUT2D eigenvalue weighted by molar-refractivity contribution is 0.104. The molecule has 0 aliphatic heterocycles. The summed E-state index contributed by atoms with van der Waals surface area (Å²) in [5.74, 6) is -0.0732. The van der Waals surface area contributed by atoms with Crippen molar-refractivity contribution in [3.63, 3.8) is 0 Å². The maximum absolute atomic E-state index is 12.5. The Bertz CT molecular complexity index is 825. The van der Waals surface area contributed by atoms with Crippen LogP contribution >= 0.6 is 27.3 Å². The van der Waals surface area contributed by atoms with Gasteiger partial charge < -0.3 is 4.98 Å². The van der Waals surface area contributed by atoms with Crippen molar-refractivity contribution in [2.75, 3.05) is 0 Å². The molecular weight excluding hydrogens is 324 g/mol. The van der Waals surface area contributed by atoms with E-state index in [0.29, 0.717) is 22.1 Å². The first-order valence-corrected chi connectivity index (χ1v) is 7.17. The molecule has 2 heterocycles. The number of halogens is 1. The number of nitriles is 1. The van der Waals surface area contributed by atoms with Gasteiger partial charge in [0, 0.05) is 33.6 Å². The third-order valence-corrected chi connectivity index (χ3v) is 4.40. The third kappa shape index (κ3) is 1.99. The number of carbonyl (C=O) groups excluding carboxylic acids is 1. The van der Waals surface area contributed by atoms with E-state index in [4.69, 9.17) is 5.26 Å². The predicted molar refractivity (Wildman–Crippen MR) is 78.5 cm³/mol. The second-order valence-electron chi connectivity index (χ2n) is 4.01. The number of fused-ring (bicyclic) bond motifs is 1. The molecule has 3 aromatic rings. The highest BCUT2D eigenvalue weighted by Crippen LogP contribution is 2.27. The number of carbonyl (C=O) groups is 1. The first kappa shape index (κ1) is 12.2. The Kier molecular flexibility index (Phi) is 2.97. The van der Waals surface area contributed by atoms with Gasteiger partial charge in [-0.15, -0.1) is 11.3 Å². The summed E-state index contributed by atoms with van der Waals surface area (Å²) in [4.78, 5) is 15.5. The van der Waals surface area contributed by atoms with Crippen molar-refractivity contribution in [2.45, 2.75) is 0 Å². The van der Waals surface area contributed by atoms with E-state index in [2.05, 4.69) is 27.0 Å². The summed E-state index contributed by atoms with van der Waals surface area (Å²) >= 11 is 4.81. The highest BCUT2D eigenvalue weighted by atomic mass is 79.9. The Morgan fingerprint density at radius 3 is 2.95 bits per heavy atom. The molecule has 0 saturated heterocycles. The Morgan fingerprint density at radius 2 is 2.26 bits per heavy atom. The van der Waals surface area contributed by atoms with E-state index in [0.717, 1.165) is 9.30 Å². The van der Waals surface area contributed by atoms with E-state index in [1.54, 1.807) is 29.8 Å². The summed E-state index contributed by atoms with van der Waals surface area (Å²) in [5, 5.41) is 11.7. The quantitative estimate of drug-likeness (QED) is 0.719. The molecular formula is C14H7BrN2OS. The van der Waals surface area contributed by atoms with Gasteiger partial charge in [-0.1, -0.05) is 6.07 Å². The molecule has 0 atom stereocenters. The van der Waals surface area contributed by atoms with Crippen molar-refractivity contribution in [1.82, 2.24) is 4.98 Å². The van der Waals surface area contributed by atoms with Gasteiger partial charge in [-0.2, -0.15) is 5.26 Å². The molecule has 0 radical (unpaired) electrons. The SMILES string of the molecule is N#Cc1cccc2[nH]cc(C(=O)c3csc(Br)c3)c12. The van der Waals surface area contributed by atoms with Crippen molar-refractivity contribution >= 4 is 44.0 Å². The van der Waals surface area contributed by atoms with Crippen LogP contribution in [0.5, 0.6) is 0 Å². The molecule has 3 rings (SSSR count). The van der Waals surface area contributed by atoms with Crippen LogP contribution in [0.1, 0.15) is 21.5 Å². The highest BCUT2D eigenvalue weighted by molar-refractivity contribution is 9.11. The maximum Gasteiger partial charge on any atom is 0.196 e. The Balaban J connectivity index is 2.21. The van der Waals surface area contributed by atoms with E-state index < -0.39 is 0 Å². The first-order chi connectivity index (χ1) is 9.20. The second-order valence-corrected chi connectivity index (χ2v) is 6.30. The number of aromatic amines is 1. The van der Waals surface area contributed by atoms with Crippen molar-refractivity contribution in [3.05, 3.63) is 56.3 Å². The summed E-state index contributed by atoms with van der Waals surface area (Å²) in [6.07, 6.45) is 1.67. The number of hydrogen-bond acceptors (Lipinski definition) is 3. The largest absolute Gasteiger partial charge is 0.360 e. The zero-order valence-corrected chi connectivity index (χ0v) is 12.0. The van der Waals surface area contributed by atoms with Gasteiger partial charge in [-0.05, 0) is 34.1 Å². The van der Waals surface area contributed by atoms with Gasteiger partial charge in [-0.3, -0.25) is 4.79 Å². The topological polar surface area (TPSA) is 56.6 Å². The molecule has 92 valence electrons. The maximum atomic E-state index is 12.5. The molecule has 0 saturated carbocycles. The predicted octanol–water partition coefficient (Wildman–Crippen LogP) is 4.09. The lowest BCUT2D eigenvalue weighted by Crippen LogP contribution is -1.98. The van der Waals surface area contributed by atoms with Crippen LogP contribution in [0, 0.1) is 11.3 Å². The molecule has 0 amide bonds. The lowest BCUT2D eigenvalue weighted by atomic mass is 10.0. The van der Waals surface area contributed by atoms with E-state index in [-0.39, 0.29) is 5.78 Å². The molecule has 5 heteroatoms. The molecule has 0 spiro atoms. The van der Waals surface area contributed by atoms with Crippen molar-refractivity contribution in [3.8, 4) is 6.07 Å². The summed E-state index contributed by atoms with van der Waals surface area (Å²) in [6, 6.07) is 9.30. The minimum Gasteiger partial charge on any atom is -0.360 e. The number of H-pyrrole nitrogens is 1. The Morgan fingerprint density at radius 1 is 1.42 bits per heavy atom. The summed E-state index contributed by atoms with van der Waals surface area (Å²) in [6.45, 7) is 0. The fourth-order valence-electron chi connectivity index (χ4n) is 2.04. The van der Waals surface area contributed by atoms with Crippen LogP contribution in [0.25, 0.3) is 10.9 Å². The first-order valence-electron chi connectivity index (χ1n) is 5.49. The molecule has 0 aliphatic rings. The smallest absolute Gasteiger partial charge is 0.196 e. The van der Waals surface area contributed by atoms with E-state index in [9.17, 15) is 4.79 Å². The van der Waals surface area contributed by atoms with Crippen LogP contribution < -0.4 is 0 Å². The molecule has 0 unspecified atom stereocenters. The monoisotopic (exact) mass is 330 g/mol. The molecule has 0 bridgehead atoms. The Hall–Kier alpha value is -1.90. The normalized spacial score (nSPS) is 10.5. The molecule has 2 aromatic heterocycles. The number of benzene rings is 1. The van der Waals surface area contributed by atoms with Crippen molar-refractivity contribution in [2.24, 2.45) is 0 Å². The molecule has 1 aromatic carbocycles. The zero-order valence-electron chi connectivity index (χ0n) is 9.61. The molecule has 19 heavy (non-hydrogen) atoms. The molecule has 3 nitrogen and oxygen atoms in total. The van der Waals surface area contributed by atoms with Gasteiger partial charge in [0.25, 0.3) is 0 Å². The average molecular weight is 331 g/mol. The number of nitrogens with zero attached hydrogens (tertiary/aromatic N) is 1. The van der Waals surface area contributed by atoms with Crippen LogP contribution in [0.3, 0.4) is 0 Å². The molecule has 0 aliphatic carbocycles. The van der Waals surface area contributed by atoms with Crippen LogP contribution in [0.2, 0.25) is 0 Å². The fraction of sp³-hybridized carbons (Fsp3) is 0. The van der Waals surface area contributed by atoms with Crippen molar-refractivity contribution in [1.29, 1.82) is 5.26 Å². The summed E-state index contributed by atoms with van der Waals surface area (Å²) < 4.78 is 0.913. The summed E-state index contributed by atoms with van der Waals surface area (Å²) in [7, 11) is 0. The van der Waals surface area contributed by atoms with Gasteiger partial charge in [0.15, 0.2) is 5.78 Å². The Labute approximate surface area is 121 Å². The summed E-state index contributed by atoms with van der Waals surface area (Å²) in [5.41, 5.74) is 2.48. The fourth-order valence-corrected chi connectivity index (χ4v) is 3.18. The van der Waals surface area contributed by atoms with Crippen LogP contribution in [-0.4, -0.2) is 10.8 Å². The van der Waals surface area contributed by atoms with Crippen LogP contribution in [-0.2, 0) is 0 Å². The number of nitrogens with one attached hydrogen (secondary N) is 1. The van der Waals surface area contributed by atoms with Crippen LogP contribution in [0.4, 0.5) is 0 Å². The number of aromatic nitrogens is 1. The van der Waals surface area contributed by atoms with E-state index >= 15 is 0 Å². The van der Waals surface area contributed by atoms with Crippen LogP contribution in [0.15, 0.2) is 39.6 Å². The molecule has 1 N–H and O–H groups in total. The second kappa shape index (κ2) is 4.65. The van der Waals surface area contributed by atoms with Gasteiger partial charge >= 0.3 is 0 Å². The van der Waals surface area contributed by atoms with Crippen molar-refractivity contribution < 1.29 is 4.79 Å². The zero-order chi connectivity index (χ0) is 13.4. The number of hydrogen-bond donors (Lipinski definition) is 1. The van der Waals surface area contributed by atoms with E-state index in [1.165, 1.54) is 11.3 Å². The average Bonchev–Trinajstić information content (AvgIpc) is 3.03. The van der Waals surface area contributed by atoms with Gasteiger partial charge in [0.05, 0.1) is 15.4 Å². The molecule has 0 fully saturated rings. The minimum absolute atomic E-state index is 0.0732.